The van der Waals surface area contributed by atoms with Crippen molar-refractivity contribution in [1.82, 2.24) is 4.90 Å². The standard InChI is InChI=1S/C14H16N2O2/c15-12-3-4-13-10(8-12)7-11(14(17)18-13)9-16-5-1-2-6-16/h3-4,7-8H,1-2,5-6,9,15H2. The predicted octanol–water partition coefficient (Wildman–Crippen LogP) is 1.97. The fourth-order valence-corrected chi connectivity index (χ4v) is 2.48. The molecular formula is C14H16N2O2. The molecule has 4 heteroatoms. The minimum atomic E-state index is -0.237. The fraction of sp³-hybridized carbons (Fsp3) is 0.357. The average Bonchev–Trinajstić information content (AvgIpc) is 2.83. The second-order valence-corrected chi connectivity index (χ2v) is 4.84. The van der Waals surface area contributed by atoms with Crippen molar-refractivity contribution < 1.29 is 4.42 Å². The summed E-state index contributed by atoms with van der Waals surface area (Å²) in [5.41, 5.74) is 7.51. The Hall–Kier alpha value is -1.81. The first-order valence-corrected chi connectivity index (χ1v) is 6.27. The van der Waals surface area contributed by atoms with Crippen LogP contribution in [0.4, 0.5) is 5.69 Å². The predicted molar refractivity (Wildman–Crippen MR) is 71.4 cm³/mol. The number of hydrogen-bond acceptors (Lipinski definition) is 4. The number of nitrogens with two attached hydrogens (primary N) is 1. The lowest BCUT2D eigenvalue weighted by Gasteiger charge is -2.13. The third kappa shape index (κ3) is 2.11. The molecule has 0 amide bonds. The lowest BCUT2D eigenvalue weighted by Crippen LogP contribution is -2.22. The molecular weight excluding hydrogens is 228 g/mol. The van der Waals surface area contributed by atoms with Gasteiger partial charge < -0.3 is 10.2 Å². The second kappa shape index (κ2) is 4.46. The Bertz CT molecular complexity index is 627. The van der Waals surface area contributed by atoms with Crippen molar-refractivity contribution >= 4 is 16.7 Å². The number of rotatable bonds is 2. The van der Waals surface area contributed by atoms with Gasteiger partial charge in [0.25, 0.3) is 0 Å². The van der Waals surface area contributed by atoms with Gasteiger partial charge in [-0.05, 0) is 50.2 Å². The van der Waals surface area contributed by atoms with Crippen LogP contribution in [0, 0.1) is 0 Å². The van der Waals surface area contributed by atoms with Crippen molar-refractivity contribution in [3.63, 3.8) is 0 Å². The average molecular weight is 244 g/mol. The zero-order valence-corrected chi connectivity index (χ0v) is 10.2. The van der Waals surface area contributed by atoms with E-state index in [1.54, 1.807) is 12.1 Å². The van der Waals surface area contributed by atoms with E-state index in [4.69, 9.17) is 10.2 Å². The molecule has 1 fully saturated rings. The summed E-state index contributed by atoms with van der Waals surface area (Å²) in [4.78, 5) is 14.2. The van der Waals surface area contributed by atoms with Crippen molar-refractivity contribution in [2.24, 2.45) is 0 Å². The second-order valence-electron chi connectivity index (χ2n) is 4.84. The van der Waals surface area contributed by atoms with E-state index in [0.29, 0.717) is 17.8 Å². The number of nitrogens with zero attached hydrogens (tertiary/aromatic N) is 1. The Morgan fingerprint density at radius 3 is 2.78 bits per heavy atom. The van der Waals surface area contributed by atoms with Crippen molar-refractivity contribution in [1.29, 1.82) is 0 Å². The van der Waals surface area contributed by atoms with E-state index in [9.17, 15) is 4.79 Å². The molecule has 94 valence electrons. The van der Waals surface area contributed by atoms with Crippen molar-refractivity contribution in [3.05, 3.63) is 40.2 Å². The van der Waals surface area contributed by atoms with Gasteiger partial charge in [0.05, 0.1) is 5.56 Å². The van der Waals surface area contributed by atoms with Crippen LogP contribution in [0.1, 0.15) is 18.4 Å². The van der Waals surface area contributed by atoms with E-state index in [1.165, 1.54) is 12.8 Å². The molecule has 2 aromatic rings. The molecule has 1 aliphatic heterocycles. The molecule has 18 heavy (non-hydrogen) atoms. The number of anilines is 1. The summed E-state index contributed by atoms with van der Waals surface area (Å²) >= 11 is 0. The van der Waals surface area contributed by atoms with Gasteiger partial charge in [0.1, 0.15) is 5.58 Å². The molecule has 3 rings (SSSR count). The normalized spacial score (nSPS) is 16.4. The van der Waals surface area contributed by atoms with Crippen molar-refractivity contribution in [2.75, 3.05) is 18.8 Å². The maximum Gasteiger partial charge on any atom is 0.340 e. The third-order valence-corrected chi connectivity index (χ3v) is 3.42. The van der Waals surface area contributed by atoms with Gasteiger partial charge >= 0.3 is 5.63 Å². The molecule has 0 aliphatic carbocycles. The molecule has 0 saturated carbocycles. The molecule has 0 radical (unpaired) electrons. The highest BCUT2D eigenvalue weighted by Gasteiger charge is 2.14. The number of hydrogen-bond donors (Lipinski definition) is 1. The third-order valence-electron chi connectivity index (χ3n) is 3.42. The van der Waals surface area contributed by atoms with Gasteiger partial charge in [0.2, 0.25) is 0 Å². The van der Waals surface area contributed by atoms with Crippen LogP contribution in [0.15, 0.2) is 33.5 Å². The molecule has 1 saturated heterocycles. The molecule has 0 atom stereocenters. The fourth-order valence-electron chi connectivity index (χ4n) is 2.48. The van der Waals surface area contributed by atoms with Gasteiger partial charge in [-0.2, -0.15) is 0 Å². The number of likely N-dealkylation sites (tertiary alicyclic amines) is 1. The smallest absolute Gasteiger partial charge is 0.340 e. The Kier molecular flexibility index (Phi) is 2.80. The summed E-state index contributed by atoms with van der Waals surface area (Å²) in [6.07, 6.45) is 2.43. The molecule has 2 N–H and O–H groups in total. The van der Waals surface area contributed by atoms with Gasteiger partial charge in [0.15, 0.2) is 0 Å². The van der Waals surface area contributed by atoms with E-state index in [-0.39, 0.29) is 5.63 Å². The number of nitrogen functional groups attached to an aromatic ring is 1. The SMILES string of the molecule is Nc1ccc2oc(=O)c(CN3CCCC3)cc2c1. The van der Waals surface area contributed by atoms with Crippen LogP contribution in [0.2, 0.25) is 0 Å². The molecule has 2 heterocycles. The molecule has 1 aromatic heterocycles. The quantitative estimate of drug-likeness (QED) is 0.648. The zero-order chi connectivity index (χ0) is 12.5. The van der Waals surface area contributed by atoms with Gasteiger partial charge in [0, 0.05) is 17.6 Å². The minimum absolute atomic E-state index is 0.237. The molecule has 4 nitrogen and oxygen atoms in total. The Labute approximate surface area is 105 Å². The zero-order valence-electron chi connectivity index (χ0n) is 10.2. The summed E-state index contributed by atoms with van der Waals surface area (Å²) in [6.45, 7) is 2.80. The molecule has 1 aromatic carbocycles. The highest BCUT2D eigenvalue weighted by Crippen LogP contribution is 2.18. The number of benzene rings is 1. The van der Waals surface area contributed by atoms with E-state index >= 15 is 0 Å². The van der Waals surface area contributed by atoms with Crippen LogP contribution < -0.4 is 11.4 Å². The Balaban J connectivity index is 2.00. The highest BCUT2D eigenvalue weighted by molar-refractivity contribution is 5.80. The van der Waals surface area contributed by atoms with Crippen LogP contribution in [-0.4, -0.2) is 18.0 Å². The molecule has 0 spiro atoms. The number of fused-ring (bicyclic) bond motifs is 1. The summed E-state index contributed by atoms with van der Waals surface area (Å²) in [5, 5.41) is 0.892. The van der Waals surface area contributed by atoms with Crippen molar-refractivity contribution in [3.8, 4) is 0 Å². The van der Waals surface area contributed by atoms with Gasteiger partial charge in [-0.3, -0.25) is 4.90 Å². The summed E-state index contributed by atoms with van der Waals surface area (Å²) in [6, 6.07) is 7.22. The summed E-state index contributed by atoms with van der Waals surface area (Å²) in [5.74, 6) is 0. The maximum atomic E-state index is 11.9. The van der Waals surface area contributed by atoms with Crippen LogP contribution in [0.3, 0.4) is 0 Å². The first-order valence-electron chi connectivity index (χ1n) is 6.27. The largest absolute Gasteiger partial charge is 0.422 e. The van der Waals surface area contributed by atoms with Crippen LogP contribution in [0.25, 0.3) is 11.0 Å². The first-order chi connectivity index (χ1) is 8.72. The Morgan fingerprint density at radius 1 is 1.22 bits per heavy atom. The first kappa shape index (κ1) is 11.3. The highest BCUT2D eigenvalue weighted by atomic mass is 16.4. The van der Waals surface area contributed by atoms with E-state index in [2.05, 4.69) is 4.90 Å². The van der Waals surface area contributed by atoms with E-state index < -0.39 is 0 Å². The van der Waals surface area contributed by atoms with Gasteiger partial charge in [-0.1, -0.05) is 0 Å². The maximum absolute atomic E-state index is 11.9. The summed E-state index contributed by atoms with van der Waals surface area (Å²) in [7, 11) is 0. The van der Waals surface area contributed by atoms with Crippen LogP contribution >= 0.6 is 0 Å². The topological polar surface area (TPSA) is 59.5 Å². The van der Waals surface area contributed by atoms with Crippen LogP contribution in [0.5, 0.6) is 0 Å². The monoisotopic (exact) mass is 244 g/mol. The molecule has 0 bridgehead atoms. The molecule has 1 aliphatic rings. The van der Waals surface area contributed by atoms with Crippen molar-refractivity contribution in [2.45, 2.75) is 19.4 Å². The minimum Gasteiger partial charge on any atom is -0.422 e. The van der Waals surface area contributed by atoms with Gasteiger partial charge in [-0.15, -0.1) is 0 Å². The van der Waals surface area contributed by atoms with Gasteiger partial charge in [-0.25, -0.2) is 4.79 Å². The molecule has 0 unspecified atom stereocenters. The summed E-state index contributed by atoms with van der Waals surface area (Å²) < 4.78 is 5.32. The lowest BCUT2D eigenvalue weighted by molar-refractivity contribution is 0.325. The van der Waals surface area contributed by atoms with E-state index in [1.807, 2.05) is 12.1 Å². The Morgan fingerprint density at radius 2 is 2.00 bits per heavy atom. The van der Waals surface area contributed by atoms with Crippen LogP contribution in [-0.2, 0) is 6.54 Å². The van der Waals surface area contributed by atoms with E-state index in [0.717, 1.165) is 24.0 Å². The lowest BCUT2D eigenvalue weighted by atomic mass is 10.1.